The first-order chi connectivity index (χ1) is 9.97. The molecule has 0 aromatic heterocycles. The number of benzene rings is 1. The van der Waals surface area contributed by atoms with Gasteiger partial charge in [-0.2, -0.15) is 0 Å². The monoisotopic (exact) mass is 360 g/mol. The van der Waals surface area contributed by atoms with Crippen molar-refractivity contribution in [1.82, 2.24) is 0 Å². The predicted molar refractivity (Wildman–Crippen MR) is 79.6 cm³/mol. The van der Waals surface area contributed by atoms with E-state index in [4.69, 9.17) is 9.47 Å². The van der Waals surface area contributed by atoms with Crippen molar-refractivity contribution in [3.8, 4) is 11.5 Å². The molecule has 1 fully saturated rings. The molecule has 1 aliphatic carbocycles. The van der Waals surface area contributed by atoms with Crippen LogP contribution in [0, 0.1) is 5.82 Å². The van der Waals surface area contributed by atoms with E-state index in [1.165, 1.54) is 20.3 Å². The second-order valence-corrected chi connectivity index (χ2v) is 6.09. The quantitative estimate of drug-likeness (QED) is 0.884. The van der Waals surface area contributed by atoms with E-state index in [1.54, 1.807) is 0 Å². The van der Waals surface area contributed by atoms with Crippen LogP contribution in [-0.2, 0) is 10.2 Å². The molecule has 0 bridgehead atoms. The van der Waals surface area contributed by atoms with Gasteiger partial charge in [0, 0.05) is 6.07 Å². The lowest BCUT2D eigenvalue weighted by Crippen LogP contribution is -2.39. The molecular formula is C15H18BrFO4. The number of halogens is 2. The smallest absolute Gasteiger partial charge is 0.314 e. The summed E-state index contributed by atoms with van der Waals surface area (Å²) in [5, 5.41) is 9.76. The zero-order chi connectivity index (χ0) is 15.6. The maximum atomic E-state index is 14.7. The van der Waals surface area contributed by atoms with Crippen molar-refractivity contribution < 1.29 is 23.8 Å². The number of ether oxygens (including phenoxy) is 2. The van der Waals surface area contributed by atoms with Crippen LogP contribution in [0.25, 0.3) is 0 Å². The topological polar surface area (TPSA) is 55.8 Å². The summed E-state index contributed by atoms with van der Waals surface area (Å²) in [6.07, 6.45) is 3.27. The Morgan fingerprint density at radius 2 is 1.90 bits per heavy atom. The van der Waals surface area contributed by atoms with Crippen LogP contribution in [0.2, 0.25) is 0 Å². The van der Waals surface area contributed by atoms with Crippen LogP contribution in [0.5, 0.6) is 11.5 Å². The van der Waals surface area contributed by atoms with Gasteiger partial charge in [0.15, 0.2) is 11.5 Å². The molecule has 6 heteroatoms. The van der Waals surface area contributed by atoms with Crippen LogP contribution in [0.15, 0.2) is 10.5 Å². The summed E-state index contributed by atoms with van der Waals surface area (Å²) in [6.45, 7) is 0. The maximum absolute atomic E-state index is 14.7. The zero-order valence-corrected chi connectivity index (χ0v) is 13.6. The van der Waals surface area contributed by atoms with Gasteiger partial charge in [-0.05, 0) is 28.8 Å². The molecule has 0 unspecified atom stereocenters. The molecule has 1 aromatic rings. The van der Waals surface area contributed by atoms with Crippen LogP contribution in [0.1, 0.15) is 37.7 Å². The molecular weight excluding hydrogens is 343 g/mol. The molecule has 0 amide bonds. The minimum absolute atomic E-state index is 0.0865. The SMILES string of the molecule is COc1cc(Br)c(F)c(C2(C(=O)O)CCCCC2)c1OC. The first kappa shape index (κ1) is 16.1. The standard InChI is InChI=1S/C15H18BrFO4/c1-20-10-8-9(16)12(17)11(13(10)21-2)15(14(18)19)6-4-3-5-7-15/h8H,3-7H2,1-2H3,(H,18,19). The summed E-state index contributed by atoms with van der Waals surface area (Å²) in [6, 6.07) is 1.45. The second kappa shape index (κ2) is 6.22. The fraction of sp³-hybridized carbons (Fsp3) is 0.533. The van der Waals surface area contributed by atoms with Crippen molar-refractivity contribution in [2.75, 3.05) is 14.2 Å². The summed E-state index contributed by atoms with van der Waals surface area (Å²) < 4.78 is 25.4. The van der Waals surface area contributed by atoms with E-state index >= 15 is 0 Å². The second-order valence-electron chi connectivity index (χ2n) is 5.23. The Kier molecular flexibility index (Phi) is 4.76. The third-order valence-electron chi connectivity index (χ3n) is 4.16. The van der Waals surface area contributed by atoms with Crippen molar-refractivity contribution in [3.63, 3.8) is 0 Å². The molecule has 0 atom stereocenters. The van der Waals surface area contributed by atoms with Gasteiger partial charge in [-0.3, -0.25) is 4.79 Å². The summed E-state index contributed by atoms with van der Waals surface area (Å²) in [7, 11) is 2.84. The maximum Gasteiger partial charge on any atom is 0.314 e. The molecule has 4 nitrogen and oxygen atoms in total. The lowest BCUT2D eigenvalue weighted by molar-refractivity contribution is -0.145. The molecule has 1 aliphatic rings. The van der Waals surface area contributed by atoms with E-state index in [0.717, 1.165) is 19.3 Å². The van der Waals surface area contributed by atoms with E-state index in [-0.39, 0.29) is 15.8 Å². The summed E-state index contributed by atoms with van der Waals surface area (Å²) in [5.41, 5.74) is -1.17. The normalized spacial score (nSPS) is 17.3. The summed E-state index contributed by atoms with van der Waals surface area (Å²) in [4.78, 5) is 11.9. The minimum Gasteiger partial charge on any atom is -0.493 e. The third-order valence-corrected chi connectivity index (χ3v) is 4.73. The Bertz CT molecular complexity index is 553. The van der Waals surface area contributed by atoms with Gasteiger partial charge in [0.2, 0.25) is 0 Å². The Labute approximate surface area is 131 Å². The number of carboxylic acids is 1. The van der Waals surface area contributed by atoms with Gasteiger partial charge in [0.25, 0.3) is 0 Å². The molecule has 0 heterocycles. The van der Waals surface area contributed by atoms with Crippen molar-refractivity contribution in [1.29, 1.82) is 0 Å². The van der Waals surface area contributed by atoms with E-state index in [0.29, 0.717) is 18.6 Å². The lowest BCUT2D eigenvalue weighted by atomic mass is 9.69. The fourth-order valence-electron chi connectivity index (χ4n) is 3.09. The molecule has 0 saturated heterocycles. The van der Waals surface area contributed by atoms with Gasteiger partial charge in [-0.15, -0.1) is 0 Å². The number of carbonyl (C=O) groups is 1. The molecule has 0 radical (unpaired) electrons. The summed E-state index contributed by atoms with van der Waals surface area (Å²) in [5.74, 6) is -1.11. The average molecular weight is 361 g/mol. The Balaban J connectivity index is 2.75. The Morgan fingerprint density at radius 3 is 2.38 bits per heavy atom. The first-order valence-corrected chi connectivity index (χ1v) is 7.61. The van der Waals surface area contributed by atoms with Crippen LogP contribution >= 0.6 is 15.9 Å². The van der Waals surface area contributed by atoms with Crippen LogP contribution in [-0.4, -0.2) is 25.3 Å². The van der Waals surface area contributed by atoms with E-state index in [9.17, 15) is 14.3 Å². The Hall–Kier alpha value is -1.30. The van der Waals surface area contributed by atoms with Gasteiger partial charge in [-0.1, -0.05) is 19.3 Å². The number of hydrogen-bond acceptors (Lipinski definition) is 3. The van der Waals surface area contributed by atoms with Crippen molar-refractivity contribution in [3.05, 3.63) is 21.9 Å². The number of methoxy groups -OCH3 is 2. The molecule has 116 valence electrons. The van der Waals surface area contributed by atoms with Crippen molar-refractivity contribution in [2.24, 2.45) is 0 Å². The molecule has 21 heavy (non-hydrogen) atoms. The number of aliphatic carboxylic acids is 1. The highest BCUT2D eigenvalue weighted by molar-refractivity contribution is 9.10. The van der Waals surface area contributed by atoms with Gasteiger partial charge >= 0.3 is 5.97 Å². The highest BCUT2D eigenvalue weighted by Gasteiger charge is 2.46. The molecule has 1 N–H and O–H groups in total. The molecule has 2 rings (SSSR count). The van der Waals surface area contributed by atoms with Crippen molar-refractivity contribution >= 4 is 21.9 Å². The van der Waals surface area contributed by atoms with Gasteiger partial charge in [0.1, 0.15) is 5.82 Å². The largest absolute Gasteiger partial charge is 0.493 e. The van der Waals surface area contributed by atoms with Crippen LogP contribution in [0.4, 0.5) is 4.39 Å². The van der Waals surface area contributed by atoms with Crippen LogP contribution in [0.3, 0.4) is 0 Å². The Morgan fingerprint density at radius 1 is 1.29 bits per heavy atom. The van der Waals surface area contributed by atoms with Gasteiger partial charge < -0.3 is 14.6 Å². The highest BCUT2D eigenvalue weighted by Crippen LogP contribution is 2.49. The first-order valence-electron chi connectivity index (χ1n) is 6.81. The molecule has 1 aromatic carbocycles. The fourth-order valence-corrected chi connectivity index (χ4v) is 3.50. The van der Waals surface area contributed by atoms with E-state index in [2.05, 4.69) is 15.9 Å². The molecule has 0 aliphatic heterocycles. The number of hydrogen-bond donors (Lipinski definition) is 1. The van der Waals surface area contributed by atoms with E-state index < -0.39 is 17.2 Å². The summed E-state index contributed by atoms with van der Waals surface area (Å²) >= 11 is 3.14. The lowest BCUT2D eigenvalue weighted by Gasteiger charge is -2.35. The van der Waals surface area contributed by atoms with Gasteiger partial charge in [-0.25, -0.2) is 4.39 Å². The predicted octanol–water partition coefficient (Wildman–Crippen LogP) is 3.89. The highest BCUT2D eigenvalue weighted by atomic mass is 79.9. The molecule has 0 spiro atoms. The third kappa shape index (κ3) is 2.61. The van der Waals surface area contributed by atoms with Crippen molar-refractivity contribution in [2.45, 2.75) is 37.5 Å². The average Bonchev–Trinajstić information content (AvgIpc) is 2.49. The minimum atomic E-state index is -1.26. The number of carboxylic acid groups (broad SMARTS) is 1. The zero-order valence-electron chi connectivity index (χ0n) is 12.0. The van der Waals surface area contributed by atoms with Crippen LogP contribution < -0.4 is 9.47 Å². The van der Waals surface area contributed by atoms with E-state index in [1.807, 2.05) is 0 Å². The molecule has 1 saturated carbocycles. The number of rotatable bonds is 4. The van der Waals surface area contributed by atoms with Gasteiger partial charge in [0.05, 0.1) is 29.7 Å².